The van der Waals surface area contributed by atoms with E-state index < -0.39 is 0 Å². The molecule has 2 aromatic rings. The van der Waals surface area contributed by atoms with Gasteiger partial charge in [-0.05, 0) is 35.8 Å². The van der Waals surface area contributed by atoms with Gasteiger partial charge in [-0.1, -0.05) is 26.0 Å². The van der Waals surface area contributed by atoms with Gasteiger partial charge in [0.15, 0.2) is 5.11 Å². The number of hydrogen-bond donors (Lipinski definition) is 2. The number of ether oxygens (including phenoxy) is 3. The average molecular weight is 388 g/mol. The first-order chi connectivity index (χ1) is 13.0. The normalized spacial score (nSPS) is 10.7. The van der Waals surface area contributed by atoms with Gasteiger partial charge in [0.1, 0.15) is 17.2 Å². The van der Waals surface area contributed by atoms with Crippen molar-refractivity contribution in [2.24, 2.45) is 5.10 Å². The molecule has 6 nitrogen and oxygen atoms in total. The topological polar surface area (TPSA) is 64.1 Å². The van der Waals surface area contributed by atoms with Gasteiger partial charge in [0.05, 0.1) is 33.1 Å². The number of benzene rings is 2. The molecule has 0 aliphatic heterocycles. The summed E-state index contributed by atoms with van der Waals surface area (Å²) >= 11 is 5.28. The predicted molar refractivity (Wildman–Crippen MR) is 114 cm³/mol. The molecule has 2 N–H and O–H groups in total. The van der Waals surface area contributed by atoms with Crippen molar-refractivity contribution in [1.29, 1.82) is 0 Å². The van der Waals surface area contributed by atoms with Crippen LogP contribution in [0.2, 0.25) is 0 Å². The number of nitrogens with one attached hydrogen (secondary N) is 2. The molecule has 0 bridgehead atoms. The van der Waals surface area contributed by atoms with Crippen molar-refractivity contribution in [3.63, 3.8) is 0 Å². The van der Waals surface area contributed by atoms with Gasteiger partial charge in [0.2, 0.25) is 0 Å². The molecular weight excluding hydrogens is 362 g/mol. The van der Waals surface area contributed by atoms with Crippen LogP contribution in [0.25, 0.3) is 0 Å². The molecule has 0 spiro atoms. The van der Waals surface area contributed by atoms with Crippen LogP contribution in [0.5, 0.6) is 17.2 Å². The lowest BCUT2D eigenvalue weighted by Crippen LogP contribution is -2.23. The smallest absolute Gasteiger partial charge is 0.191 e. The Hall–Kier alpha value is -2.80. The summed E-state index contributed by atoms with van der Waals surface area (Å²) in [6, 6.07) is 11.6. The van der Waals surface area contributed by atoms with E-state index in [0.717, 1.165) is 5.69 Å². The predicted octanol–water partition coefficient (Wildman–Crippen LogP) is 4.16. The molecule has 2 rings (SSSR count). The van der Waals surface area contributed by atoms with E-state index in [9.17, 15) is 0 Å². The Morgan fingerprint density at radius 1 is 1.00 bits per heavy atom. The number of hydrazone groups is 1. The van der Waals surface area contributed by atoms with Crippen molar-refractivity contribution in [2.75, 3.05) is 26.6 Å². The van der Waals surface area contributed by atoms with Crippen LogP contribution in [0, 0.1) is 0 Å². The molecule has 144 valence electrons. The van der Waals surface area contributed by atoms with E-state index in [1.807, 2.05) is 12.1 Å². The van der Waals surface area contributed by atoms with Crippen LogP contribution in [0.15, 0.2) is 41.5 Å². The molecule has 0 amide bonds. The number of rotatable bonds is 7. The number of hydrogen-bond acceptors (Lipinski definition) is 5. The molecule has 7 heteroatoms. The van der Waals surface area contributed by atoms with Gasteiger partial charge in [0, 0.05) is 17.8 Å². The van der Waals surface area contributed by atoms with E-state index in [1.165, 1.54) is 5.56 Å². The maximum atomic E-state index is 5.39. The van der Waals surface area contributed by atoms with Gasteiger partial charge in [-0.25, -0.2) is 0 Å². The van der Waals surface area contributed by atoms with E-state index in [4.69, 9.17) is 26.4 Å². The largest absolute Gasteiger partial charge is 0.496 e. The second kappa shape index (κ2) is 9.78. The Morgan fingerprint density at radius 2 is 1.59 bits per heavy atom. The zero-order chi connectivity index (χ0) is 19.8. The molecule has 0 unspecified atom stereocenters. The summed E-state index contributed by atoms with van der Waals surface area (Å²) in [6.07, 6.45) is 1.59. The van der Waals surface area contributed by atoms with Crippen molar-refractivity contribution >= 4 is 29.2 Å². The van der Waals surface area contributed by atoms with Gasteiger partial charge in [-0.15, -0.1) is 0 Å². The summed E-state index contributed by atoms with van der Waals surface area (Å²) in [7, 11) is 4.74. The zero-order valence-electron chi connectivity index (χ0n) is 16.2. The Balaban J connectivity index is 2.05. The minimum atomic E-state index is 0.384. The average Bonchev–Trinajstić information content (AvgIpc) is 2.68. The first-order valence-corrected chi connectivity index (χ1v) is 8.89. The third-order valence-electron chi connectivity index (χ3n) is 3.95. The van der Waals surface area contributed by atoms with E-state index in [2.05, 4.69) is 41.8 Å². The minimum absolute atomic E-state index is 0.384. The third-order valence-corrected chi connectivity index (χ3v) is 4.14. The van der Waals surface area contributed by atoms with Crippen LogP contribution in [0.1, 0.15) is 30.9 Å². The van der Waals surface area contributed by atoms with Crippen molar-refractivity contribution in [2.45, 2.75) is 19.8 Å². The Morgan fingerprint density at radius 3 is 2.07 bits per heavy atom. The molecule has 0 fully saturated rings. The lowest BCUT2D eigenvalue weighted by Gasteiger charge is -2.12. The molecule has 27 heavy (non-hydrogen) atoms. The number of nitrogens with zero attached hydrogens (tertiary/aromatic N) is 1. The number of anilines is 1. The summed E-state index contributed by atoms with van der Waals surface area (Å²) in [5.41, 5.74) is 5.64. The quantitative estimate of drug-likeness (QED) is 0.423. The highest BCUT2D eigenvalue weighted by molar-refractivity contribution is 7.80. The lowest BCUT2D eigenvalue weighted by atomic mass is 10.0. The molecule has 0 aliphatic rings. The van der Waals surface area contributed by atoms with E-state index in [-0.39, 0.29) is 0 Å². The Bertz CT molecular complexity index is 780. The summed E-state index contributed by atoms with van der Waals surface area (Å²) < 4.78 is 16.0. The van der Waals surface area contributed by atoms with E-state index >= 15 is 0 Å². The van der Waals surface area contributed by atoms with Crippen LogP contribution in [-0.2, 0) is 0 Å². The van der Waals surface area contributed by atoms with Crippen molar-refractivity contribution in [1.82, 2.24) is 5.43 Å². The van der Waals surface area contributed by atoms with Gasteiger partial charge in [-0.3, -0.25) is 5.43 Å². The summed E-state index contributed by atoms with van der Waals surface area (Å²) in [5.74, 6) is 2.29. The monoisotopic (exact) mass is 387 g/mol. The van der Waals surface area contributed by atoms with Gasteiger partial charge >= 0.3 is 0 Å². The van der Waals surface area contributed by atoms with Crippen LogP contribution in [0.4, 0.5) is 5.69 Å². The fourth-order valence-electron chi connectivity index (χ4n) is 2.43. The molecule has 0 heterocycles. The first kappa shape index (κ1) is 20.5. The molecule has 0 aromatic heterocycles. The SMILES string of the molecule is COc1cc(OC)c(/C=N/NC(=S)Nc2ccc(C(C)C)cc2)c(OC)c1. The molecule has 2 aromatic carbocycles. The molecule has 0 radical (unpaired) electrons. The van der Waals surface area contributed by atoms with Crippen molar-refractivity contribution in [3.05, 3.63) is 47.5 Å². The fourth-order valence-corrected chi connectivity index (χ4v) is 2.60. The second-order valence-corrected chi connectivity index (χ2v) is 6.45. The third kappa shape index (κ3) is 5.59. The highest BCUT2D eigenvalue weighted by Crippen LogP contribution is 2.32. The van der Waals surface area contributed by atoms with Crippen molar-refractivity contribution < 1.29 is 14.2 Å². The Labute approximate surface area is 165 Å². The first-order valence-electron chi connectivity index (χ1n) is 8.48. The van der Waals surface area contributed by atoms with Gasteiger partial charge in [-0.2, -0.15) is 5.10 Å². The van der Waals surface area contributed by atoms with Crippen LogP contribution >= 0.6 is 12.2 Å². The molecule has 0 saturated carbocycles. The lowest BCUT2D eigenvalue weighted by molar-refractivity contribution is 0.374. The standard InChI is InChI=1S/C20H25N3O3S/c1-13(2)14-6-8-15(9-7-14)22-20(27)23-21-12-17-18(25-4)10-16(24-3)11-19(17)26-5/h6-13H,1-5H3,(H2,22,23,27)/b21-12+. The van der Waals surface area contributed by atoms with E-state index in [0.29, 0.717) is 33.8 Å². The summed E-state index contributed by atoms with van der Waals surface area (Å²) in [4.78, 5) is 0. The molecule has 0 aliphatic carbocycles. The highest BCUT2D eigenvalue weighted by atomic mass is 32.1. The second-order valence-electron chi connectivity index (χ2n) is 6.05. The minimum Gasteiger partial charge on any atom is -0.496 e. The summed E-state index contributed by atoms with van der Waals surface area (Å²) in [5, 5.41) is 7.65. The van der Waals surface area contributed by atoms with Gasteiger partial charge < -0.3 is 19.5 Å². The highest BCUT2D eigenvalue weighted by Gasteiger charge is 2.11. The van der Waals surface area contributed by atoms with Crippen LogP contribution < -0.4 is 25.0 Å². The molecule has 0 atom stereocenters. The maximum Gasteiger partial charge on any atom is 0.191 e. The zero-order valence-corrected chi connectivity index (χ0v) is 17.0. The maximum absolute atomic E-state index is 5.39. The molecular formula is C20H25N3O3S. The van der Waals surface area contributed by atoms with E-state index in [1.54, 1.807) is 39.7 Å². The number of methoxy groups -OCH3 is 3. The summed E-state index contributed by atoms with van der Waals surface area (Å²) in [6.45, 7) is 4.32. The van der Waals surface area contributed by atoms with Gasteiger partial charge in [0.25, 0.3) is 0 Å². The Kier molecular flexibility index (Phi) is 7.43. The van der Waals surface area contributed by atoms with Crippen LogP contribution in [0.3, 0.4) is 0 Å². The molecule has 0 saturated heterocycles. The van der Waals surface area contributed by atoms with Crippen LogP contribution in [-0.4, -0.2) is 32.7 Å². The van der Waals surface area contributed by atoms with Crippen molar-refractivity contribution in [3.8, 4) is 17.2 Å². The fraction of sp³-hybridized carbons (Fsp3) is 0.300. The number of thiocarbonyl (C=S) groups is 1.